The Balaban J connectivity index is 2.46. The number of nitrogens with zero attached hydrogens (tertiary/aromatic N) is 2. The summed E-state index contributed by atoms with van der Waals surface area (Å²) in [7, 11) is 0. The first-order chi connectivity index (χ1) is 8.91. The standard InChI is InChI=1S/C14H24N4O/c1-10(2)18(11(3)4)7-8-19-12-5-6-13(14(15)16)17-9-12/h5-6,9-11H,7-8H2,1-4H3,(H3,15,16). The smallest absolute Gasteiger partial charge is 0.141 e. The van der Waals surface area contributed by atoms with E-state index in [2.05, 4.69) is 37.6 Å². The summed E-state index contributed by atoms with van der Waals surface area (Å²) in [5, 5.41) is 7.26. The van der Waals surface area contributed by atoms with E-state index >= 15 is 0 Å². The van der Waals surface area contributed by atoms with Crippen molar-refractivity contribution in [1.29, 1.82) is 5.41 Å². The minimum atomic E-state index is -0.0302. The van der Waals surface area contributed by atoms with Crippen molar-refractivity contribution in [1.82, 2.24) is 9.88 Å². The van der Waals surface area contributed by atoms with Crippen molar-refractivity contribution in [3.63, 3.8) is 0 Å². The summed E-state index contributed by atoms with van der Waals surface area (Å²) in [4.78, 5) is 6.43. The average molecular weight is 264 g/mol. The quantitative estimate of drug-likeness (QED) is 0.582. The van der Waals surface area contributed by atoms with Crippen molar-refractivity contribution >= 4 is 5.84 Å². The minimum absolute atomic E-state index is 0.0302. The van der Waals surface area contributed by atoms with Crippen LogP contribution < -0.4 is 10.5 Å². The topological polar surface area (TPSA) is 75.2 Å². The van der Waals surface area contributed by atoms with Crippen LogP contribution in [0.5, 0.6) is 5.75 Å². The lowest BCUT2D eigenvalue weighted by Gasteiger charge is -2.30. The molecule has 0 radical (unpaired) electrons. The molecular weight excluding hydrogens is 240 g/mol. The van der Waals surface area contributed by atoms with Crippen LogP contribution in [0.3, 0.4) is 0 Å². The van der Waals surface area contributed by atoms with E-state index in [1.54, 1.807) is 18.3 Å². The molecule has 0 aliphatic rings. The summed E-state index contributed by atoms with van der Waals surface area (Å²) >= 11 is 0. The van der Waals surface area contributed by atoms with Crippen molar-refractivity contribution < 1.29 is 4.74 Å². The number of hydrogen-bond acceptors (Lipinski definition) is 4. The first kappa shape index (κ1) is 15.4. The second kappa shape index (κ2) is 7.09. The van der Waals surface area contributed by atoms with Gasteiger partial charge in [0.1, 0.15) is 23.9 Å². The van der Waals surface area contributed by atoms with E-state index in [-0.39, 0.29) is 5.84 Å². The molecule has 106 valence electrons. The predicted octanol–water partition coefficient (Wildman–Crippen LogP) is 1.86. The summed E-state index contributed by atoms with van der Waals surface area (Å²) in [6.07, 6.45) is 1.60. The van der Waals surface area contributed by atoms with E-state index in [1.807, 2.05) is 0 Å². The second-order valence-electron chi connectivity index (χ2n) is 5.07. The molecule has 0 spiro atoms. The molecule has 0 aliphatic carbocycles. The van der Waals surface area contributed by atoms with Gasteiger partial charge < -0.3 is 10.5 Å². The molecule has 0 atom stereocenters. The Bertz CT molecular complexity index is 392. The van der Waals surface area contributed by atoms with Gasteiger partial charge >= 0.3 is 0 Å². The highest BCUT2D eigenvalue weighted by molar-refractivity contribution is 5.92. The number of nitrogens with two attached hydrogens (primary N) is 1. The first-order valence-corrected chi connectivity index (χ1v) is 6.60. The van der Waals surface area contributed by atoms with Gasteiger partial charge in [-0.3, -0.25) is 10.3 Å². The number of ether oxygens (including phenoxy) is 1. The SMILES string of the molecule is CC(C)N(CCOc1ccc(C(=N)N)nc1)C(C)C. The summed E-state index contributed by atoms with van der Waals surface area (Å²) in [5.41, 5.74) is 5.81. The Morgan fingerprint density at radius 2 is 1.95 bits per heavy atom. The van der Waals surface area contributed by atoms with E-state index < -0.39 is 0 Å². The van der Waals surface area contributed by atoms with E-state index in [4.69, 9.17) is 15.9 Å². The molecule has 1 aromatic heterocycles. The zero-order chi connectivity index (χ0) is 14.4. The zero-order valence-corrected chi connectivity index (χ0v) is 12.2. The van der Waals surface area contributed by atoms with Gasteiger partial charge in [0.2, 0.25) is 0 Å². The Morgan fingerprint density at radius 1 is 1.32 bits per heavy atom. The highest BCUT2D eigenvalue weighted by Crippen LogP contribution is 2.10. The Kier molecular flexibility index (Phi) is 5.76. The molecule has 0 unspecified atom stereocenters. The highest BCUT2D eigenvalue weighted by Gasteiger charge is 2.12. The van der Waals surface area contributed by atoms with E-state index in [9.17, 15) is 0 Å². The van der Waals surface area contributed by atoms with Crippen LogP contribution in [-0.4, -0.2) is 41.0 Å². The highest BCUT2D eigenvalue weighted by atomic mass is 16.5. The predicted molar refractivity (Wildman–Crippen MR) is 77.7 cm³/mol. The zero-order valence-electron chi connectivity index (χ0n) is 12.2. The molecule has 5 nitrogen and oxygen atoms in total. The van der Waals surface area contributed by atoms with Crippen LogP contribution in [0.25, 0.3) is 0 Å². The van der Waals surface area contributed by atoms with Crippen molar-refractivity contribution in [2.75, 3.05) is 13.2 Å². The van der Waals surface area contributed by atoms with Crippen LogP contribution in [0, 0.1) is 5.41 Å². The molecule has 1 heterocycles. The lowest BCUT2D eigenvalue weighted by atomic mass is 10.2. The summed E-state index contributed by atoms with van der Waals surface area (Å²) in [6.45, 7) is 10.2. The van der Waals surface area contributed by atoms with Gasteiger partial charge in [0.25, 0.3) is 0 Å². The third kappa shape index (κ3) is 4.87. The molecular formula is C14H24N4O. The summed E-state index contributed by atoms with van der Waals surface area (Å²) < 4.78 is 5.66. The number of amidine groups is 1. The number of nitrogens with one attached hydrogen (secondary N) is 1. The lowest BCUT2D eigenvalue weighted by Crippen LogP contribution is -2.39. The van der Waals surface area contributed by atoms with Gasteiger partial charge in [0.05, 0.1) is 6.20 Å². The Hall–Kier alpha value is -1.62. The molecule has 19 heavy (non-hydrogen) atoms. The molecule has 0 saturated carbocycles. The van der Waals surface area contributed by atoms with Crippen molar-refractivity contribution in [3.8, 4) is 5.75 Å². The molecule has 1 aromatic rings. The summed E-state index contributed by atoms with van der Waals surface area (Å²) in [6, 6.07) is 4.49. The maximum absolute atomic E-state index is 7.26. The fourth-order valence-electron chi connectivity index (χ4n) is 2.01. The van der Waals surface area contributed by atoms with Crippen LogP contribution in [0.15, 0.2) is 18.3 Å². The number of nitrogen functional groups attached to an aromatic ring is 1. The number of hydrogen-bond donors (Lipinski definition) is 2. The van der Waals surface area contributed by atoms with Crippen LogP contribution >= 0.6 is 0 Å². The number of aromatic nitrogens is 1. The third-order valence-corrected chi connectivity index (χ3v) is 2.96. The first-order valence-electron chi connectivity index (χ1n) is 6.60. The maximum atomic E-state index is 7.26. The molecule has 0 saturated heterocycles. The molecule has 1 rings (SSSR count). The number of pyridine rings is 1. The second-order valence-corrected chi connectivity index (χ2v) is 5.07. The van der Waals surface area contributed by atoms with E-state index in [1.165, 1.54) is 0 Å². The van der Waals surface area contributed by atoms with E-state index in [0.717, 1.165) is 6.54 Å². The van der Waals surface area contributed by atoms with Crippen molar-refractivity contribution in [3.05, 3.63) is 24.0 Å². The van der Waals surface area contributed by atoms with Gasteiger partial charge in [0, 0.05) is 18.6 Å². The average Bonchev–Trinajstić information content (AvgIpc) is 2.34. The van der Waals surface area contributed by atoms with E-state index in [0.29, 0.717) is 30.1 Å². The maximum Gasteiger partial charge on any atom is 0.141 e. The Morgan fingerprint density at radius 3 is 2.37 bits per heavy atom. The third-order valence-electron chi connectivity index (χ3n) is 2.96. The lowest BCUT2D eigenvalue weighted by molar-refractivity contribution is 0.142. The Labute approximate surface area is 115 Å². The minimum Gasteiger partial charge on any atom is -0.491 e. The van der Waals surface area contributed by atoms with Crippen molar-refractivity contribution in [2.45, 2.75) is 39.8 Å². The van der Waals surface area contributed by atoms with Crippen LogP contribution in [-0.2, 0) is 0 Å². The molecule has 5 heteroatoms. The van der Waals surface area contributed by atoms with Crippen LogP contribution in [0.1, 0.15) is 33.4 Å². The molecule has 0 amide bonds. The molecule has 0 bridgehead atoms. The monoisotopic (exact) mass is 264 g/mol. The molecule has 0 aromatic carbocycles. The van der Waals surface area contributed by atoms with Crippen LogP contribution in [0.2, 0.25) is 0 Å². The van der Waals surface area contributed by atoms with Crippen LogP contribution in [0.4, 0.5) is 0 Å². The largest absolute Gasteiger partial charge is 0.491 e. The van der Waals surface area contributed by atoms with Gasteiger partial charge in [-0.15, -0.1) is 0 Å². The van der Waals surface area contributed by atoms with Crippen molar-refractivity contribution in [2.24, 2.45) is 5.73 Å². The molecule has 0 fully saturated rings. The number of rotatable bonds is 7. The van der Waals surface area contributed by atoms with Gasteiger partial charge in [-0.2, -0.15) is 0 Å². The van der Waals surface area contributed by atoms with Gasteiger partial charge in [-0.05, 0) is 39.8 Å². The normalized spacial score (nSPS) is 11.3. The fraction of sp³-hybridized carbons (Fsp3) is 0.571. The van der Waals surface area contributed by atoms with Gasteiger partial charge in [-0.25, -0.2) is 4.98 Å². The van der Waals surface area contributed by atoms with Gasteiger partial charge in [0.15, 0.2) is 0 Å². The fourth-order valence-corrected chi connectivity index (χ4v) is 2.01. The molecule has 3 N–H and O–H groups in total. The van der Waals surface area contributed by atoms with Gasteiger partial charge in [-0.1, -0.05) is 0 Å². The molecule has 0 aliphatic heterocycles. The summed E-state index contributed by atoms with van der Waals surface area (Å²) in [5.74, 6) is 0.676.